The van der Waals surface area contributed by atoms with Gasteiger partial charge >= 0.3 is 6.08 Å². The summed E-state index contributed by atoms with van der Waals surface area (Å²) in [5.74, 6) is -0.927. The zero-order chi connectivity index (χ0) is 36.5. The van der Waals surface area contributed by atoms with Crippen molar-refractivity contribution in [2.45, 2.75) is 23.6 Å². The second-order valence-electron chi connectivity index (χ2n) is 11.2. The van der Waals surface area contributed by atoms with Gasteiger partial charge < -0.3 is 20.1 Å². The molecule has 1 aliphatic rings. The second kappa shape index (κ2) is 14.0. The monoisotopic (exact) mass is 737 g/mol. The number of azo groups is 2. The fourth-order valence-corrected chi connectivity index (χ4v) is 6.64. The molecule has 17 nitrogen and oxygen atoms in total. The molecule has 1 aliphatic heterocycles. The number of nitrogens with zero attached hydrogens (tertiary/aromatic N) is 8. The van der Waals surface area contributed by atoms with Gasteiger partial charge in [-0.3, -0.25) is 9.11 Å². The number of aromatic hydroxyl groups is 1. The molecule has 0 amide bonds. The number of morpholine rings is 1. The molecule has 4 N–H and O–H groups in total. The summed E-state index contributed by atoms with van der Waals surface area (Å²) in [4.78, 5) is 11.8. The van der Waals surface area contributed by atoms with Crippen molar-refractivity contribution in [1.82, 2.24) is 15.0 Å². The van der Waals surface area contributed by atoms with Gasteiger partial charge in [-0.25, -0.2) is 0 Å². The first-order chi connectivity index (χ1) is 24.2. The molecule has 5 aromatic rings. The van der Waals surface area contributed by atoms with E-state index in [1.165, 1.54) is 37.3 Å². The molecule has 0 atom stereocenters. The number of halogens is 1. The van der Waals surface area contributed by atoms with E-state index in [1.807, 2.05) is 19.1 Å². The molecule has 0 aliphatic carbocycles. The third-order valence-electron chi connectivity index (χ3n) is 7.60. The van der Waals surface area contributed by atoms with E-state index in [0.29, 0.717) is 32.0 Å². The minimum absolute atomic E-state index is 0.00979. The average Bonchev–Trinajstić information content (AvgIpc) is 3.07. The van der Waals surface area contributed by atoms with Crippen molar-refractivity contribution < 1.29 is 40.2 Å². The highest BCUT2D eigenvalue weighted by Gasteiger charge is 2.25. The maximum absolute atomic E-state index is 14.4. The molecule has 0 bridgehead atoms. The van der Waals surface area contributed by atoms with Crippen molar-refractivity contribution in [3.8, 4) is 5.75 Å². The number of rotatable bonds is 9. The molecular weight excluding hydrogens is 710 g/mol. The quantitative estimate of drug-likeness (QED) is 0.0948. The number of hydrogen-bond acceptors (Lipinski definition) is 15. The van der Waals surface area contributed by atoms with Gasteiger partial charge in [0.1, 0.15) is 21.2 Å². The van der Waals surface area contributed by atoms with Gasteiger partial charge in [0.25, 0.3) is 20.2 Å². The largest absolute Gasteiger partial charge is 0.505 e. The van der Waals surface area contributed by atoms with Crippen LogP contribution in [0, 0.1) is 19.9 Å². The number of anilines is 3. The Morgan fingerprint density at radius 3 is 2.18 bits per heavy atom. The van der Waals surface area contributed by atoms with Gasteiger partial charge in [0.15, 0.2) is 5.75 Å². The van der Waals surface area contributed by atoms with Crippen molar-refractivity contribution in [2.75, 3.05) is 36.5 Å². The Hall–Kier alpha value is -5.54. The standard InChI is InChI=1S/C31H28FN9O8S2/c1-17-3-5-19(6-4-17)37-38-20-7-9-23(25(16-20)50(43,44)45)39-40-26-18(2)15-22-21(27(26)42)8-10-24(28(22)51(46,47)48)33-30-34-29(32)35-31(36-30)41-11-13-49-14-12-41/h3-10,15-16,42H,11-14H2,1-2H3,(H,43,44,45)(H,46,47,48)(H,33,34,35,36). The lowest BCUT2D eigenvalue weighted by Crippen LogP contribution is -2.37. The molecule has 0 radical (unpaired) electrons. The van der Waals surface area contributed by atoms with Gasteiger partial charge in [-0.1, -0.05) is 17.7 Å². The minimum Gasteiger partial charge on any atom is -0.505 e. The van der Waals surface area contributed by atoms with Crippen LogP contribution in [0.2, 0.25) is 0 Å². The maximum atomic E-state index is 14.4. The summed E-state index contributed by atoms with van der Waals surface area (Å²) in [6.07, 6.45) is -1.13. The van der Waals surface area contributed by atoms with Crippen molar-refractivity contribution >= 4 is 71.3 Å². The summed E-state index contributed by atoms with van der Waals surface area (Å²) in [6, 6.07) is 14.6. The number of benzene rings is 4. The molecular formula is C31H28FN9O8S2. The Balaban J connectivity index is 1.36. The van der Waals surface area contributed by atoms with Gasteiger partial charge in [-0.05, 0) is 67.9 Å². The smallest absolute Gasteiger partial charge is 0.315 e. The van der Waals surface area contributed by atoms with Crippen LogP contribution in [0.5, 0.6) is 5.75 Å². The predicted octanol–water partition coefficient (Wildman–Crippen LogP) is 6.39. The Labute approximate surface area is 290 Å². The fraction of sp³-hybridized carbons (Fsp3) is 0.194. The van der Waals surface area contributed by atoms with Gasteiger partial charge in [0.2, 0.25) is 11.9 Å². The zero-order valence-electron chi connectivity index (χ0n) is 26.8. The molecule has 1 aromatic heterocycles. The van der Waals surface area contributed by atoms with Crippen LogP contribution in [-0.4, -0.2) is 72.3 Å². The summed E-state index contributed by atoms with van der Waals surface area (Å²) < 4.78 is 89.8. The molecule has 1 fully saturated rings. The van der Waals surface area contributed by atoms with E-state index < -0.39 is 41.9 Å². The first-order valence-corrected chi connectivity index (χ1v) is 17.8. The number of phenolic OH excluding ortho intramolecular Hbond substituents is 1. The number of hydrogen-bond donors (Lipinski definition) is 4. The SMILES string of the molecule is Cc1ccc(N=Nc2ccc(N=Nc3c(C)cc4c(S(=O)(=O)O)c(Nc5nc(F)nc(N6CCOCC6)n5)ccc4c3O)c(S(=O)(=O)O)c2)cc1. The maximum Gasteiger partial charge on any atom is 0.315 e. The molecule has 51 heavy (non-hydrogen) atoms. The summed E-state index contributed by atoms with van der Waals surface area (Å²) in [7, 11) is -9.84. The highest BCUT2D eigenvalue weighted by molar-refractivity contribution is 7.86. The highest BCUT2D eigenvalue weighted by Crippen LogP contribution is 2.43. The Morgan fingerprint density at radius 1 is 0.804 bits per heavy atom. The van der Waals surface area contributed by atoms with E-state index in [0.717, 1.165) is 11.6 Å². The van der Waals surface area contributed by atoms with Gasteiger partial charge in [0.05, 0.1) is 30.3 Å². The van der Waals surface area contributed by atoms with Gasteiger partial charge in [-0.2, -0.15) is 46.4 Å². The number of ether oxygens (including phenoxy) is 1. The molecule has 0 saturated carbocycles. The number of nitrogens with one attached hydrogen (secondary N) is 1. The first-order valence-electron chi connectivity index (χ1n) is 15.0. The third kappa shape index (κ3) is 7.94. The molecule has 4 aromatic carbocycles. The van der Waals surface area contributed by atoms with E-state index >= 15 is 0 Å². The van der Waals surface area contributed by atoms with Crippen molar-refractivity contribution in [2.24, 2.45) is 20.5 Å². The van der Waals surface area contributed by atoms with E-state index in [2.05, 4.69) is 40.7 Å². The third-order valence-corrected chi connectivity index (χ3v) is 9.44. The molecule has 0 spiro atoms. The van der Waals surface area contributed by atoms with Crippen LogP contribution in [0.3, 0.4) is 0 Å². The first kappa shape index (κ1) is 35.3. The van der Waals surface area contributed by atoms with E-state index in [-0.39, 0.29) is 51.0 Å². The van der Waals surface area contributed by atoms with Crippen molar-refractivity contribution in [3.05, 3.63) is 77.9 Å². The lowest BCUT2D eigenvalue weighted by molar-refractivity contribution is 0.122. The van der Waals surface area contributed by atoms with Crippen molar-refractivity contribution in [1.29, 1.82) is 0 Å². The van der Waals surface area contributed by atoms with Crippen LogP contribution in [-0.2, 0) is 25.0 Å². The van der Waals surface area contributed by atoms with Crippen LogP contribution in [0.4, 0.5) is 44.7 Å². The van der Waals surface area contributed by atoms with Crippen LogP contribution in [0.25, 0.3) is 10.8 Å². The summed E-state index contributed by atoms with van der Waals surface area (Å²) in [6.45, 7) is 4.87. The number of aryl methyl sites for hydroxylation is 2. The molecule has 20 heteroatoms. The zero-order valence-corrected chi connectivity index (χ0v) is 28.4. The molecule has 6 rings (SSSR count). The Morgan fingerprint density at radius 2 is 1.49 bits per heavy atom. The lowest BCUT2D eigenvalue weighted by atomic mass is 10.0. The van der Waals surface area contributed by atoms with Gasteiger partial charge in [0, 0.05) is 23.9 Å². The Kier molecular flexibility index (Phi) is 9.68. The van der Waals surface area contributed by atoms with Crippen LogP contribution >= 0.6 is 0 Å². The summed E-state index contributed by atoms with van der Waals surface area (Å²) >= 11 is 0. The predicted molar refractivity (Wildman–Crippen MR) is 182 cm³/mol. The molecule has 1 saturated heterocycles. The van der Waals surface area contributed by atoms with E-state index in [4.69, 9.17) is 4.74 Å². The van der Waals surface area contributed by atoms with Gasteiger partial charge in [-0.15, -0.1) is 10.2 Å². The second-order valence-corrected chi connectivity index (χ2v) is 14.0. The van der Waals surface area contributed by atoms with Crippen molar-refractivity contribution in [3.63, 3.8) is 0 Å². The van der Waals surface area contributed by atoms with Crippen LogP contribution in [0.15, 0.2) is 90.9 Å². The topological polar surface area (TPSA) is 242 Å². The normalized spacial score (nSPS) is 14.2. The van der Waals surface area contributed by atoms with E-state index in [9.17, 15) is 35.4 Å². The average molecular weight is 738 g/mol. The highest BCUT2D eigenvalue weighted by atomic mass is 32.2. The number of aromatic nitrogens is 3. The number of phenols is 1. The van der Waals surface area contributed by atoms with E-state index in [1.54, 1.807) is 17.0 Å². The summed E-state index contributed by atoms with van der Waals surface area (Å²) in [5, 5.41) is 29.6. The fourth-order valence-electron chi connectivity index (χ4n) is 5.16. The minimum atomic E-state index is -5.00. The molecule has 0 unspecified atom stereocenters. The Bertz CT molecular complexity index is 2440. The number of fused-ring (bicyclic) bond motifs is 1. The van der Waals surface area contributed by atoms with Crippen LogP contribution < -0.4 is 10.2 Å². The summed E-state index contributed by atoms with van der Waals surface area (Å²) in [5.41, 5.74) is 1.05. The lowest BCUT2D eigenvalue weighted by Gasteiger charge is -2.26. The molecule has 264 valence electrons. The molecule has 2 heterocycles. The van der Waals surface area contributed by atoms with Crippen LogP contribution in [0.1, 0.15) is 11.1 Å².